The zero-order valence-electron chi connectivity index (χ0n) is 23.1. The Balaban J connectivity index is 1.23. The van der Waals surface area contributed by atoms with Gasteiger partial charge in [0.15, 0.2) is 5.82 Å². The van der Waals surface area contributed by atoms with Gasteiger partial charge in [0.2, 0.25) is 18.1 Å². The van der Waals surface area contributed by atoms with Gasteiger partial charge >= 0.3 is 0 Å². The van der Waals surface area contributed by atoms with Crippen LogP contribution in [0.25, 0.3) is 22.6 Å². The molecule has 1 fully saturated rings. The van der Waals surface area contributed by atoms with Crippen molar-refractivity contribution in [2.75, 3.05) is 23.8 Å². The van der Waals surface area contributed by atoms with Crippen molar-refractivity contribution < 1.29 is 23.0 Å². The number of imidazole rings is 1. The number of aromatic nitrogens is 5. The first-order valence-corrected chi connectivity index (χ1v) is 13.5. The molecule has 1 aliphatic rings. The Morgan fingerprint density at radius 1 is 0.930 bits per heavy atom. The Morgan fingerprint density at radius 3 is 2.30 bits per heavy atom. The number of benzene rings is 2. The van der Waals surface area contributed by atoms with Gasteiger partial charge in [-0.05, 0) is 67.1 Å². The molecule has 43 heavy (non-hydrogen) atoms. The van der Waals surface area contributed by atoms with Crippen molar-refractivity contribution in [1.82, 2.24) is 24.9 Å². The lowest BCUT2D eigenvalue weighted by Crippen LogP contribution is -2.45. The molecule has 1 amide bonds. The van der Waals surface area contributed by atoms with Crippen molar-refractivity contribution in [2.24, 2.45) is 5.41 Å². The molecule has 0 spiro atoms. The molecule has 3 N–H and O–H groups in total. The van der Waals surface area contributed by atoms with Crippen LogP contribution in [-0.2, 0) is 20.8 Å². The Morgan fingerprint density at radius 2 is 1.60 bits per heavy atom. The van der Waals surface area contributed by atoms with Gasteiger partial charge in [-0.15, -0.1) is 0 Å². The lowest BCUT2D eigenvalue weighted by atomic mass is 9.91. The van der Waals surface area contributed by atoms with Crippen molar-refractivity contribution in [1.29, 1.82) is 0 Å². The number of anilines is 2. The van der Waals surface area contributed by atoms with Crippen LogP contribution in [0.3, 0.4) is 0 Å². The average molecular weight is 584 g/mol. The fraction of sp³-hybridized carbons (Fsp3) is 0.194. The van der Waals surface area contributed by atoms with E-state index in [-0.39, 0.29) is 30.8 Å². The predicted octanol–water partition coefficient (Wildman–Crippen LogP) is 5.51. The van der Waals surface area contributed by atoms with E-state index in [1.807, 2.05) is 0 Å². The summed E-state index contributed by atoms with van der Waals surface area (Å²) in [5, 5.41) is 6.01. The smallest absolute Gasteiger partial charge is 0.235 e. The van der Waals surface area contributed by atoms with Crippen molar-refractivity contribution >= 4 is 17.5 Å². The molecule has 3 aromatic heterocycles. The molecule has 0 radical (unpaired) electrons. The highest BCUT2D eigenvalue weighted by molar-refractivity contribution is 5.95. The normalized spacial score (nSPS) is 18.3. The molecule has 0 aliphatic carbocycles. The number of halogens is 2. The van der Waals surface area contributed by atoms with Crippen molar-refractivity contribution in [3.8, 4) is 22.6 Å². The summed E-state index contributed by atoms with van der Waals surface area (Å²) in [7, 11) is 0. The van der Waals surface area contributed by atoms with E-state index in [0.29, 0.717) is 46.7 Å². The second-order valence-corrected chi connectivity index (χ2v) is 10.3. The molecular formula is C31H27F2N7O3. The van der Waals surface area contributed by atoms with E-state index < -0.39 is 11.7 Å². The van der Waals surface area contributed by atoms with Gasteiger partial charge in [-0.1, -0.05) is 12.1 Å². The van der Waals surface area contributed by atoms with E-state index in [1.54, 1.807) is 68.0 Å². The number of carbonyl (C=O) groups is 1. The van der Waals surface area contributed by atoms with Gasteiger partial charge in [0.1, 0.15) is 11.6 Å². The summed E-state index contributed by atoms with van der Waals surface area (Å²) in [6.45, 7) is 2.32. The maximum absolute atomic E-state index is 13.7. The predicted molar refractivity (Wildman–Crippen MR) is 154 cm³/mol. The third-order valence-corrected chi connectivity index (χ3v) is 6.93. The maximum Gasteiger partial charge on any atom is 0.235 e. The molecule has 0 bridgehead atoms. The van der Waals surface area contributed by atoms with Crippen LogP contribution in [0.2, 0.25) is 0 Å². The van der Waals surface area contributed by atoms with Gasteiger partial charge in [-0.2, -0.15) is 0 Å². The molecule has 1 saturated heterocycles. The Labute approximate surface area is 245 Å². The number of H-pyrrole nitrogens is 1. The fourth-order valence-electron chi connectivity index (χ4n) is 4.49. The van der Waals surface area contributed by atoms with Gasteiger partial charge in [-0.25, -0.2) is 23.7 Å². The Kier molecular flexibility index (Phi) is 7.86. The summed E-state index contributed by atoms with van der Waals surface area (Å²) in [5.74, 6) is -0.215. The molecule has 2 aromatic carbocycles. The van der Waals surface area contributed by atoms with Gasteiger partial charge in [-0.3, -0.25) is 9.78 Å². The number of carbonyl (C=O) groups excluding carboxylic acids is 1. The second kappa shape index (κ2) is 12.0. The molecular weight excluding hydrogens is 556 g/mol. The second-order valence-electron chi connectivity index (χ2n) is 10.3. The van der Waals surface area contributed by atoms with Gasteiger partial charge in [0, 0.05) is 36.4 Å². The molecule has 12 heteroatoms. The minimum atomic E-state index is -0.938. The number of nitrogens with zero attached hydrogens (tertiary/aromatic N) is 4. The minimum Gasteiger partial charge on any atom is -0.350 e. The van der Waals surface area contributed by atoms with Crippen molar-refractivity contribution in [3.05, 3.63) is 108 Å². The molecule has 4 heterocycles. The summed E-state index contributed by atoms with van der Waals surface area (Å²) in [6.07, 6.45) is 3.91. The van der Waals surface area contributed by atoms with Gasteiger partial charge in [0.25, 0.3) is 0 Å². The number of ether oxygens (including phenoxy) is 2. The van der Waals surface area contributed by atoms with E-state index in [0.717, 1.165) is 5.56 Å². The number of rotatable bonds is 8. The molecule has 1 aliphatic heterocycles. The quantitative estimate of drug-likeness (QED) is 0.218. The highest BCUT2D eigenvalue weighted by atomic mass is 19.1. The van der Waals surface area contributed by atoms with E-state index in [2.05, 4.69) is 30.6 Å². The van der Waals surface area contributed by atoms with E-state index >= 15 is 0 Å². The van der Waals surface area contributed by atoms with E-state index in [1.165, 1.54) is 24.3 Å². The minimum absolute atomic E-state index is 0.0848. The molecule has 6 rings (SSSR count). The highest BCUT2D eigenvalue weighted by Gasteiger charge is 2.41. The molecule has 0 atom stereocenters. The fourth-order valence-corrected chi connectivity index (χ4v) is 4.49. The largest absolute Gasteiger partial charge is 0.350 e. The Bertz CT molecular complexity index is 1710. The first-order valence-electron chi connectivity index (χ1n) is 13.5. The first kappa shape index (κ1) is 28.1. The number of amides is 1. The summed E-state index contributed by atoms with van der Waals surface area (Å²) in [5.41, 5.74) is 2.77. The van der Waals surface area contributed by atoms with Crippen LogP contribution >= 0.6 is 0 Å². The molecule has 5 aromatic rings. The van der Waals surface area contributed by atoms with Crippen LogP contribution in [0.5, 0.6) is 0 Å². The van der Waals surface area contributed by atoms with Crippen LogP contribution < -0.4 is 10.6 Å². The first-order chi connectivity index (χ1) is 20.9. The third-order valence-electron chi connectivity index (χ3n) is 6.93. The molecule has 0 unspecified atom stereocenters. The summed E-state index contributed by atoms with van der Waals surface area (Å²) in [4.78, 5) is 33.9. The van der Waals surface area contributed by atoms with Crippen LogP contribution in [0.4, 0.5) is 20.4 Å². The number of nitrogens with one attached hydrogen (secondary N) is 3. The third kappa shape index (κ3) is 6.40. The highest BCUT2D eigenvalue weighted by Crippen LogP contribution is 2.36. The van der Waals surface area contributed by atoms with Crippen LogP contribution in [0, 0.1) is 17.0 Å². The van der Waals surface area contributed by atoms with E-state index in [4.69, 9.17) is 14.5 Å². The molecule has 10 nitrogen and oxygen atoms in total. The van der Waals surface area contributed by atoms with Crippen LogP contribution in [-0.4, -0.2) is 44.0 Å². The lowest BCUT2D eigenvalue weighted by Gasteiger charge is -2.35. The monoisotopic (exact) mass is 583 g/mol. The number of hydrogen-bond donors (Lipinski definition) is 3. The Hall–Kier alpha value is -5.07. The maximum atomic E-state index is 13.7. The average Bonchev–Trinajstić information content (AvgIpc) is 3.48. The summed E-state index contributed by atoms with van der Waals surface area (Å²) >= 11 is 0. The van der Waals surface area contributed by atoms with Crippen LogP contribution in [0.15, 0.2) is 85.3 Å². The van der Waals surface area contributed by atoms with E-state index in [9.17, 15) is 13.6 Å². The SMILES string of the molecule is CC1(C(=O)Nc2ccncc2)COC(c2nc(-c3ccc(F)cc3)c(-c3ccnc(NCc4ccc(F)cc4)n3)[nH]2)OC1. The number of aromatic amines is 1. The van der Waals surface area contributed by atoms with Crippen LogP contribution in [0.1, 0.15) is 24.6 Å². The number of pyridine rings is 1. The zero-order chi connectivity index (χ0) is 29.8. The molecule has 218 valence electrons. The molecule has 0 saturated carbocycles. The van der Waals surface area contributed by atoms with Crippen molar-refractivity contribution in [2.45, 2.75) is 19.8 Å². The van der Waals surface area contributed by atoms with Gasteiger partial charge in [0.05, 0.1) is 35.7 Å². The summed E-state index contributed by atoms with van der Waals surface area (Å²) in [6, 6.07) is 17.2. The lowest BCUT2D eigenvalue weighted by molar-refractivity contribution is -0.229. The zero-order valence-corrected chi connectivity index (χ0v) is 23.1. The van der Waals surface area contributed by atoms with Crippen molar-refractivity contribution in [3.63, 3.8) is 0 Å². The van der Waals surface area contributed by atoms with Gasteiger partial charge < -0.3 is 25.1 Å². The summed E-state index contributed by atoms with van der Waals surface area (Å²) < 4.78 is 39.0. The topological polar surface area (TPSA) is 127 Å². The standard InChI is InChI=1S/C31H27F2N7O3/c1-31(29(41)37-23-10-13-34-14-11-23)17-42-28(43-18-31)27-39-25(20-4-8-22(33)9-5-20)26(40-27)24-12-15-35-30(38-24)36-16-19-2-6-21(32)7-3-19/h2-15,28H,16-18H2,1H3,(H,39,40)(H,34,37,41)(H,35,36,38). The number of hydrogen-bond acceptors (Lipinski definition) is 8.